The summed E-state index contributed by atoms with van der Waals surface area (Å²) in [6, 6.07) is -0.367. The first kappa shape index (κ1) is 10.5. The fourth-order valence-electron chi connectivity index (χ4n) is 1.27. The van der Waals surface area contributed by atoms with Crippen molar-refractivity contribution in [1.82, 2.24) is 9.80 Å². The van der Waals surface area contributed by atoms with E-state index in [4.69, 9.17) is 0 Å². The third kappa shape index (κ3) is 2.21. The Morgan fingerprint density at radius 3 is 2.57 bits per heavy atom. The Kier molecular flexibility index (Phi) is 3.06. The van der Waals surface area contributed by atoms with E-state index in [1.165, 1.54) is 11.9 Å². The molecule has 0 saturated carbocycles. The zero-order chi connectivity index (χ0) is 10.7. The predicted molar refractivity (Wildman–Crippen MR) is 44.0 cm³/mol. The number of carboxylic acids is 1. The summed E-state index contributed by atoms with van der Waals surface area (Å²) < 4.78 is 0. The molecule has 6 nitrogen and oxygen atoms in total. The van der Waals surface area contributed by atoms with Gasteiger partial charge in [0.2, 0.25) is 5.91 Å². The van der Waals surface area contributed by atoms with Crippen molar-refractivity contribution in [1.29, 1.82) is 0 Å². The zero-order valence-electron chi connectivity index (χ0n) is 7.86. The molecule has 0 aliphatic carbocycles. The average molecular weight is 199 g/mol. The van der Waals surface area contributed by atoms with Crippen LogP contribution in [0.3, 0.4) is 0 Å². The van der Waals surface area contributed by atoms with Gasteiger partial charge in [0.1, 0.15) is 6.54 Å². The van der Waals surface area contributed by atoms with Gasteiger partial charge in [-0.05, 0) is 12.8 Å². The quantitative estimate of drug-likeness (QED) is 0.511. The first-order valence-electron chi connectivity index (χ1n) is 4.27. The maximum Gasteiger partial charge on any atom is 0.326 e. The van der Waals surface area contributed by atoms with Crippen LogP contribution < -0.4 is 5.11 Å². The maximum absolute atomic E-state index is 11.3. The average Bonchev–Trinajstić information content (AvgIpc) is 2.31. The fraction of sp³-hybridized carbons (Fsp3) is 0.625. The van der Waals surface area contributed by atoms with Crippen molar-refractivity contribution in [3.63, 3.8) is 0 Å². The maximum atomic E-state index is 11.3. The van der Waals surface area contributed by atoms with Gasteiger partial charge < -0.3 is 14.8 Å². The van der Waals surface area contributed by atoms with Gasteiger partial charge in [-0.25, -0.2) is 4.79 Å². The highest BCUT2D eigenvalue weighted by Gasteiger charge is 2.32. The highest BCUT2D eigenvalue weighted by Crippen LogP contribution is 2.08. The van der Waals surface area contributed by atoms with Gasteiger partial charge in [-0.1, -0.05) is 0 Å². The Balaban J connectivity index is 2.41. The first-order chi connectivity index (χ1) is 6.52. The van der Waals surface area contributed by atoms with E-state index < -0.39 is 5.97 Å². The summed E-state index contributed by atoms with van der Waals surface area (Å²) in [5, 5.41) is 10.1. The van der Waals surface area contributed by atoms with E-state index in [-0.39, 0.29) is 37.9 Å². The molecule has 0 atom stereocenters. The van der Waals surface area contributed by atoms with E-state index in [1.54, 1.807) is 0 Å². The number of hydrogen-bond acceptors (Lipinski definition) is 4. The van der Waals surface area contributed by atoms with Gasteiger partial charge in [0, 0.05) is 19.6 Å². The van der Waals surface area contributed by atoms with Crippen LogP contribution in [-0.4, -0.2) is 47.8 Å². The number of carbonyl (C=O) groups excluding carboxylic acids is 3. The number of urea groups is 1. The molecule has 14 heavy (non-hydrogen) atoms. The van der Waals surface area contributed by atoms with Crippen molar-refractivity contribution in [2.75, 3.05) is 20.1 Å². The van der Waals surface area contributed by atoms with Crippen LogP contribution in [0.25, 0.3) is 0 Å². The number of hydrogen-bond donors (Lipinski definition) is 0. The molecular weight excluding hydrogens is 188 g/mol. The number of imide groups is 1. The van der Waals surface area contributed by atoms with Crippen LogP contribution >= 0.6 is 0 Å². The molecule has 0 aromatic heterocycles. The highest BCUT2D eigenvalue weighted by atomic mass is 16.4. The number of rotatable bonds is 4. The van der Waals surface area contributed by atoms with Crippen molar-refractivity contribution in [3.8, 4) is 0 Å². The molecule has 1 aliphatic rings. The Morgan fingerprint density at radius 2 is 2.14 bits per heavy atom. The lowest BCUT2D eigenvalue weighted by Gasteiger charge is -2.13. The summed E-state index contributed by atoms with van der Waals surface area (Å²) in [7, 11) is 1.53. The summed E-state index contributed by atoms with van der Waals surface area (Å²) in [4.78, 5) is 34.9. The Hall–Kier alpha value is -1.59. The molecule has 0 aromatic carbocycles. The summed E-state index contributed by atoms with van der Waals surface area (Å²) in [6.07, 6.45) is 0.106. The lowest BCUT2D eigenvalue weighted by molar-refractivity contribution is -0.305. The molecule has 1 fully saturated rings. The van der Waals surface area contributed by atoms with Gasteiger partial charge >= 0.3 is 6.03 Å². The molecule has 0 N–H and O–H groups in total. The van der Waals surface area contributed by atoms with E-state index in [1.807, 2.05) is 0 Å². The standard InChI is InChI=1S/C8H12N2O4/c1-9-5-6(11)10(8(9)14)4-2-3-7(12)13/h2-5H2,1H3,(H,12,13)/p-1. The minimum absolute atomic E-state index is 0.0736. The van der Waals surface area contributed by atoms with Crippen molar-refractivity contribution in [2.45, 2.75) is 12.8 Å². The molecular formula is C8H11N2O4-. The number of carboxylic acid groups (broad SMARTS) is 1. The van der Waals surface area contributed by atoms with Crippen LogP contribution in [0.1, 0.15) is 12.8 Å². The summed E-state index contributed by atoms with van der Waals surface area (Å²) >= 11 is 0. The van der Waals surface area contributed by atoms with Crippen molar-refractivity contribution in [2.24, 2.45) is 0 Å². The molecule has 1 rings (SSSR count). The number of amides is 3. The molecule has 6 heteroatoms. The summed E-state index contributed by atoms with van der Waals surface area (Å²) in [5.74, 6) is -1.45. The topological polar surface area (TPSA) is 80.8 Å². The number of nitrogens with zero attached hydrogens (tertiary/aromatic N) is 2. The van der Waals surface area contributed by atoms with Crippen LogP contribution in [0.15, 0.2) is 0 Å². The second-order valence-electron chi connectivity index (χ2n) is 3.16. The van der Waals surface area contributed by atoms with Gasteiger partial charge in [-0.15, -0.1) is 0 Å². The molecule has 0 radical (unpaired) electrons. The first-order valence-corrected chi connectivity index (χ1v) is 4.27. The Bertz CT molecular complexity index is 277. The van der Waals surface area contributed by atoms with E-state index in [2.05, 4.69) is 0 Å². The van der Waals surface area contributed by atoms with Crippen LogP contribution in [0.4, 0.5) is 4.79 Å². The molecule has 0 aromatic rings. The molecule has 1 saturated heterocycles. The normalized spacial score (nSPS) is 16.6. The largest absolute Gasteiger partial charge is 0.550 e. The van der Waals surface area contributed by atoms with Crippen LogP contribution in [0.2, 0.25) is 0 Å². The molecule has 1 heterocycles. The van der Waals surface area contributed by atoms with Crippen molar-refractivity contribution >= 4 is 17.9 Å². The second-order valence-corrected chi connectivity index (χ2v) is 3.16. The van der Waals surface area contributed by atoms with Crippen molar-refractivity contribution < 1.29 is 19.5 Å². The Labute approximate surface area is 81.1 Å². The van der Waals surface area contributed by atoms with Crippen LogP contribution in [-0.2, 0) is 9.59 Å². The molecule has 1 aliphatic heterocycles. The van der Waals surface area contributed by atoms with Gasteiger partial charge in [0.15, 0.2) is 0 Å². The van der Waals surface area contributed by atoms with E-state index in [9.17, 15) is 19.5 Å². The molecule has 3 amide bonds. The minimum atomic E-state index is -1.17. The van der Waals surface area contributed by atoms with E-state index >= 15 is 0 Å². The van der Waals surface area contributed by atoms with Gasteiger partial charge in [0.05, 0.1) is 0 Å². The number of carbonyl (C=O) groups is 3. The summed E-state index contributed by atoms with van der Waals surface area (Å²) in [5.41, 5.74) is 0. The van der Waals surface area contributed by atoms with Crippen LogP contribution in [0, 0.1) is 0 Å². The smallest absolute Gasteiger partial charge is 0.326 e. The zero-order valence-corrected chi connectivity index (χ0v) is 7.86. The predicted octanol–water partition coefficient (Wildman–Crippen LogP) is -1.59. The van der Waals surface area contributed by atoms with Gasteiger partial charge in [-0.3, -0.25) is 9.69 Å². The lowest BCUT2D eigenvalue weighted by atomic mass is 10.3. The van der Waals surface area contributed by atoms with E-state index in [0.717, 1.165) is 4.90 Å². The number of aliphatic carboxylic acids is 1. The third-order valence-electron chi connectivity index (χ3n) is 1.99. The lowest BCUT2D eigenvalue weighted by Crippen LogP contribution is -2.33. The monoisotopic (exact) mass is 199 g/mol. The second kappa shape index (κ2) is 4.08. The highest BCUT2D eigenvalue weighted by molar-refractivity contribution is 6.01. The fourth-order valence-corrected chi connectivity index (χ4v) is 1.27. The molecule has 0 bridgehead atoms. The van der Waals surface area contributed by atoms with Crippen molar-refractivity contribution in [3.05, 3.63) is 0 Å². The van der Waals surface area contributed by atoms with E-state index in [0.29, 0.717) is 0 Å². The van der Waals surface area contributed by atoms with Gasteiger partial charge in [0.25, 0.3) is 0 Å². The minimum Gasteiger partial charge on any atom is -0.550 e. The molecule has 0 spiro atoms. The van der Waals surface area contributed by atoms with Crippen LogP contribution in [0.5, 0.6) is 0 Å². The SMILES string of the molecule is CN1CC(=O)N(CCCC(=O)[O-])C1=O. The summed E-state index contributed by atoms with van der Waals surface area (Å²) in [6.45, 7) is 0.222. The third-order valence-corrected chi connectivity index (χ3v) is 1.99. The Morgan fingerprint density at radius 1 is 1.50 bits per heavy atom. The molecule has 0 unspecified atom stereocenters. The van der Waals surface area contributed by atoms with Gasteiger partial charge in [-0.2, -0.15) is 0 Å². The molecule has 78 valence electrons. The number of likely N-dealkylation sites (N-methyl/N-ethyl adjacent to an activating group) is 1.